The largest absolute Gasteiger partial charge is 0.497 e. The Morgan fingerprint density at radius 1 is 1.30 bits per heavy atom. The average molecular weight is 278 g/mol. The van der Waals surface area contributed by atoms with Crippen LogP contribution in [0.3, 0.4) is 0 Å². The Kier molecular flexibility index (Phi) is 5.26. The lowest BCUT2D eigenvalue weighted by molar-refractivity contribution is 0.275. The van der Waals surface area contributed by atoms with Crippen LogP contribution in [0, 0.1) is 5.92 Å². The SMILES string of the molecule is COc1ccc(OC)c(C(C)NC2CCNCC2C)c1. The molecule has 1 aliphatic rings. The number of ether oxygens (including phenoxy) is 2. The van der Waals surface area contributed by atoms with Crippen molar-refractivity contribution in [2.24, 2.45) is 5.92 Å². The molecule has 3 atom stereocenters. The molecule has 4 nitrogen and oxygen atoms in total. The maximum absolute atomic E-state index is 5.47. The molecule has 0 spiro atoms. The van der Waals surface area contributed by atoms with Gasteiger partial charge in [-0.05, 0) is 50.6 Å². The van der Waals surface area contributed by atoms with Crippen LogP contribution in [-0.2, 0) is 0 Å². The summed E-state index contributed by atoms with van der Waals surface area (Å²) >= 11 is 0. The normalized spacial score (nSPS) is 24.2. The molecule has 0 radical (unpaired) electrons. The summed E-state index contributed by atoms with van der Waals surface area (Å²) in [7, 11) is 3.41. The number of piperidine rings is 1. The highest BCUT2D eigenvalue weighted by Gasteiger charge is 2.23. The number of hydrogen-bond donors (Lipinski definition) is 2. The summed E-state index contributed by atoms with van der Waals surface area (Å²) in [6.45, 7) is 6.65. The van der Waals surface area contributed by atoms with Gasteiger partial charge in [-0.2, -0.15) is 0 Å². The molecule has 1 aromatic carbocycles. The van der Waals surface area contributed by atoms with Gasteiger partial charge in [0.05, 0.1) is 14.2 Å². The van der Waals surface area contributed by atoms with Crippen LogP contribution in [0.2, 0.25) is 0 Å². The lowest BCUT2D eigenvalue weighted by atomic mass is 9.93. The summed E-state index contributed by atoms with van der Waals surface area (Å²) in [5.41, 5.74) is 1.15. The van der Waals surface area contributed by atoms with Crippen LogP contribution < -0.4 is 20.1 Å². The molecular formula is C16H26N2O2. The van der Waals surface area contributed by atoms with Crippen LogP contribution >= 0.6 is 0 Å². The van der Waals surface area contributed by atoms with E-state index in [0.717, 1.165) is 36.6 Å². The van der Waals surface area contributed by atoms with Crippen molar-refractivity contribution >= 4 is 0 Å². The minimum Gasteiger partial charge on any atom is -0.497 e. The molecule has 1 fully saturated rings. The monoisotopic (exact) mass is 278 g/mol. The van der Waals surface area contributed by atoms with Crippen molar-refractivity contribution in [3.8, 4) is 11.5 Å². The van der Waals surface area contributed by atoms with E-state index in [1.165, 1.54) is 0 Å². The Labute approximate surface area is 121 Å². The Balaban J connectivity index is 2.12. The molecule has 0 aliphatic carbocycles. The molecule has 1 saturated heterocycles. The predicted octanol–water partition coefficient (Wildman–Crippen LogP) is 2.35. The maximum Gasteiger partial charge on any atom is 0.123 e. The highest BCUT2D eigenvalue weighted by atomic mass is 16.5. The summed E-state index contributed by atoms with van der Waals surface area (Å²) in [4.78, 5) is 0. The van der Waals surface area contributed by atoms with E-state index in [0.29, 0.717) is 12.0 Å². The second-order valence-corrected chi connectivity index (χ2v) is 5.57. The molecule has 0 bridgehead atoms. The van der Waals surface area contributed by atoms with Crippen LogP contribution in [0.4, 0.5) is 0 Å². The standard InChI is InChI=1S/C16H26N2O2/c1-11-10-17-8-7-15(11)18-12(2)14-9-13(19-3)5-6-16(14)20-4/h5-6,9,11-12,15,17-18H,7-8,10H2,1-4H3. The summed E-state index contributed by atoms with van der Waals surface area (Å²) < 4.78 is 10.8. The number of hydrogen-bond acceptors (Lipinski definition) is 4. The van der Waals surface area contributed by atoms with Crippen molar-refractivity contribution in [1.82, 2.24) is 10.6 Å². The molecule has 0 amide bonds. The van der Waals surface area contributed by atoms with Gasteiger partial charge in [0.15, 0.2) is 0 Å². The summed E-state index contributed by atoms with van der Waals surface area (Å²) in [5, 5.41) is 7.17. The molecule has 2 rings (SSSR count). The fourth-order valence-corrected chi connectivity index (χ4v) is 2.85. The van der Waals surface area contributed by atoms with Crippen molar-refractivity contribution in [2.45, 2.75) is 32.4 Å². The van der Waals surface area contributed by atoms with Gasteiger partial charge in [-0.3, -0.25) is 0 Å². The number of methoxy groups -OCH3 is 2. The van der Waals surface area contributed by atoms with Crippen LogP contribution in [0.1, 0.15) is 31.9 Å². The molecule has 0 saturated carbocycles. The van der Waals surface area contributed by atoms with Crippen molar-refractivity contribution in [2.75, 3.05) is 27.3 Å². The van der Waals surface area contributed by atoms with Crippen molar-refractivity contribution in [3.05, 3.63) is 23.8 Å². The molecule has 1 heterocycles. The first-order valence-corrected chi connectivity index (χ1v) is 7.34. The zero-order chi connectivity index (χ0) is 14.5. The van der Waals surface area contributed by atoms with E-state index in [2.05, 4.69) is 30.5 Å². The Morgan fingerprint density at radius 3 is 2.75 bits per heavy atom. The third-order valence-corrected chi connectivity index (χ3v) is 4.15. The van der Waals surface area contributed by atoms with Gasteiger partial charge in [0.1, 0.15) is 11.5 Å². The molecule has 1 aliphatic heterocycles. The summed E-state index contributed by atoms with van der Waals surface area (Å²) in [6.07, 6.45) is 1.16. The highest BCUT2D eigenvalue weighted by Crippen LogP contribution is 2.30. The van der Waals surface area contributed by atoms with Gasteiger partial charge in [-0.15, -0.1) is 0 Å². The minimum absolute atomic E-state index is 0.241. The molecule has 3 unspecified atom stereocenters. The molecule has 20 heavy (non-hydrogen) atoms. The topological polar surface area (TPSA) is 42.5 Å². The quantitative estimate of drug-likeness (QED) is 0.867. The van der Waals surface area contributed by atoms with Gasteiger partial charge in [-0.25, -0.2) is 0 Å². The highest BCUT2D eigenvalue weighted by molar-refractivity contribution is 5.42. The predicted molar refractivity (Wildman–Crippen MR) is 81.5 cm³/mol. The van der Waals surface area contributed by atoms with Gasteiger partial charge in [0, 0.05) is 17.6 Å². The summed E-state index contributed by atoms with van der Waals surface area (Å²) in [6, 6.07) is 6.75. The minimum atomic E-state index is 0.241. The first-order chi connectivity index (χ1) is 9.65. The Hall–Kier alpha value is -1.26. The van der Waals surface area contributed by atoms with Crippen LogP contribution in [-0.4, -0.2) is 33.4 Å². The van der Waals surface area contributed by atoms with E-state index < -0.39 is 0 Å². The lowest BCUT2D eigenvalue weighted by Crippen LogP contribution is -2.47. The van der Waals surface area contributed by atoms with Crippen molar-refractivity contribution in [3.63, 3.8) is 0 Å². The van der Waals surface area contributed by atoms with E-state index in [9.17, 15) is 0 Å². The van der Waals surface area contributed by atoms with E-state index >= 15 is 0 Å². The van der Waals surface area contributed by atoms with E-state index in [-0.39, 0.29) is 6.04 Å². The third kappa shape index (κ3) is 3.44. The zero-order valence-corrected chi connectivity index (χ0v) is 12.9. The summed E-state index contributed by atoms with van der Waals surface area (Å²) in [5.74, 6) is 2.42. The van der Waals surface area contributed by atoms with Crippen molar-refractivity contribution in [1.29, 1.82) is 0 Å². The second kappa shape index (κ2) is 6.95. The Morgan fingerprint density at radius 2 is 2.10 bits per heavy atom. The second-order valence-electron chi connectivity index (χ2n) is 5.57. The van der Waals surface area contributed by atoms with Gasteiger partial charge in [-0.1, -0.05) is 6.92 Å². The van der Waals surface area contributed by atoms with Crippen LogP contribution in [0.25, 0.3) is 0 Å². The van der Waals surface area contributed by atoms with Gasteiger partial charge in [0.25, 0.3) is 0 Å². The van der Waals surface area contributed by atoms with E-state index in [4.69, 9.17) is 9.47 Å². The molecular weight excluding hydrogens is 252 g/mol. The zero-order valence-electron chi connectivity index (χ0n) is 12.9. The number of benzene rings is 1. The fraction of sp³-hybridized carbons (Fsp3) is 0.625. The molecule has 2 N–H and O–H groups in total. The van der Waals surface area contributed by atoms with E-state index in [1.54, 1.807) is 14.2 Å². The fourth-order valence-electron chi connectivity index (χ4n) is 2.85. The lowest BCUT2D eigenvalue weighted by Gasteiger charge is -2.33. The van der Waals surface area contributed by atoms with Crippen molar-refractivity contribution < 1.29 is 9.47 Å². The number of rotatable bonds is 5. The van der Waals surface area contributed by atoms with Gasteiger partial charge >= 0.3 is 0 Å². The molecule has 1 aromatic rings. The molecule has 4 heteroatoms. The van der Waals surface area contributed by atoms with Crippen LogP contribution in [0.5, 0.6) is 11.5 Å². The number of nitrogens with one attached hydrogen (secondary N) is 2. The third-order valence-electron chi connectivity index (χ3n) is 4.15. The molecule has 112 valence electrons. The van der Waals surface area contributed by atoms with Crippen LogP contribution in [0.15, 0.2) is 18.2 Å². The first kappa shape index (κ1) is 15.1. The maximum atomic E-state index is 5.47. The van der Waals surface area contributed by atoms with Gasteiger partial charge in [0.2, 0.25) is 0 Å². The Bertz CT molecular complexity index is 436. The molecule has 0 aromatic heterocycles. The van der Waals surface area contributed by atoms with E-state index in [1.807, 2.05) is 12.1 Å². The smallest absolute Gasteiger partial charge is 0.123 e. The van der Waals surface area contributed by atoms with Gasteiger partial charge < -0.3 is 20.1 Å². The average Bonchev–Trinajstić information content (AvgIpc) is 2.48. The first-order valence-electron chi connectivity index (χ1n) is 7.34.